The van der Waals surface area contributed by atoms with Crippen LogP contribution in [0.1, 0.15) is 37.8 Å². The molecule has 1 aromatic rings. The van der Waals surface area contributed by atoms with E-state index in [-0.39, 0.29) is 5.91 Å². The molecule has 6 heteroatoms. The third-order valence-electron chi connectivity index (χ3n) is 4.77. The molecule has 1 aliphatic carbocycles. The second kappa shape index (κ2) is 4.96. The van der Waals surface area contributed by atoms with Gasteiger partial charge in [-0.1, -0.05) is 0 Å². The van der Waals surface area contributed by atoms with E-state index in [1.807, 2.05) is 0 Å². The van der Waals surface area contributed by atoms with Crippen molar-refractivity contribution in [1.29, 1.82) is 5.26 Å². The number of carbonyl (C=O) groups is 1. The van der Waals surface area contributed by atoms with Gasteiger partial charge in [-0.15, -0.1) is 0 Å². The summed E-state index contributed by atoms with van der Waals surface area (Å²) in [5.41, 5.74) is -0.611. The second-order valence-corrected chi connectivity index (χ2v) is 6.52. The van der Waals surface area contributed by atoms with E-state index < -0.39 is 11.0 Å². The average molecular weight is 301 g/mol. The van der Waals surface area contributed by atoms with E-state index in [4.69, 9.17) is 10.00 Å². The first-order valence-corrected chi connectivity index (χ1v) is 7.40. The highest BCUT2D eigenvalue weighted by atomic mass is 16.5. The summed E-state index contributed by atoms with van der Waals surface area (Å²) in [7, 11) is 0. The zero-order chi connectivity index (χ0) is 16.0. The zero-order valence-corrected chi connectivity index (χ0v) is 12.8. The van der Waals surface area contributed by atoms with Crippen LogP contribution in [-0.4, -0.2) is 39.7 Å². The summed E-state index contributed by atoms with van der Waals surface area (Å²) < 4.78 is 5.65. The third-order valence-corrected chi connectivity index (χ3v) is 4.77. The van der Waals surface area contributed by atoms with Crippen LogP contribution < -0.4 is 4.74 Å². The summed E-state index contributed by atoms with van der Waals surface area (Å²) in [5.74, 6) is 0.419. The fourth-order valence-corrected chi connectivity index (χ4v) is 2.91. The lowest BCUT2D eigenvalue weighted by molar-refractivity contribution is -0.149. The number of aliphatic hydroxyl groups is 1. The largest absolute Gasteiger partial charge is 0.490 e. The van der Waals surface area contributed by atoms with Crippen molar-refractivity contribution in [2.45, 2.75) is 38.8 Å². The van der Waals surface area contributed by atoms with Gasteiger partial charge in [0.05, 0.1) is 24.1 Å². The summed E-state index contributed by atoms with van der Waals surface area (Å²) in [6, 6.07) is 2.06. The first kappa shape index (κ1) is 14.8. The fourth-order valence-electron chi connectivity index (χ4n) is 2.91. The van der Waals surface area contributed by atoms with E-state index in [0.29, 0.717) is 43.9 Å². The Balaban J connectivity index is 1.88. The maximum Gasteiger partial charge on any atom is 0.231 e. The van der Waals surface area contributed by atoms with Gasteiger partial charge in [-0.25, -0.2) is 0 Å². The minimum absolute atomic E-state index is 0.0914. The summed E-state index contributed by atoms with van der Waals surface area (Å²) in [6.07, 6.45) is 4.41. The van der Waals surface area contributed by atoms with Crippen LogP contribution >= 0.6 is 0 Å². The van der Waals surface area contributed by atoms with E-state index in [2.05, 4.69) is 11.1 Å². The Morgan fingerprint density at radius 1 is 1.50 bits per heavy atom. The zero-order valence-electron chi connectivity index (χ0n) is 12.8. The first-order chi connectivity index (χ1) is 10.4. The molecule has 3 rings (SSSR count). The summed E-state index contributed by atoms with van der Waals surface area (Å²) in [4.78, 5) is 18.6. The number of rotatable bonds is 2. The lowest BCUT2D eigenvalue weighted by Gasteiger charge is -2.34. The molecule has 0 radical (unpaired) electrons. The van der Waals surface area contributed by atoms with Crippen molar-refractivity contribution in [1.82, 2.24) is 9.88 Å². The lowest BCUT2D eigenvalue weighted by Crippen LogP contribution is -2.48. The molecule has 1 fully saturated rings. The van der Waals surface area contributed by atoms with Gasteiger partial charge in [0.15, 0.2) is 0 Å². The Morgan fingerprint density at radius 3 is 2.86 bits per heavy atom. The van der Waals surface area contributed by atoms with Crippen molar-refractivity contribution in [3.8, 4) is 11.8 Å². The molecule has 0 spiro atoms. The highest BCUT2D eigenvalue weighted by Crippen LogP contribution is 2.50. The van der Waals surface area contributed by atoms with Gasteiger partial charge < -0.3 is 14.7 Å². The molecule has 116 valence electrons. The van der Waals surface area contributed by atoms with Crippen molar-refractivity contribution >= 4 is 5.91 Å². The third kappa shape index (κ3) is 2.22. The second-order valence-electron chi connectivity index (χ2n) is 6.52. The molecule has 1 saturated carbocycles. The maximum absolute atomic E-state index is 12.8. The number of fused-ring (bicyclic) bond motifs is 1. The average Bonchev–Trinajstić information content (AvgIpc) is 3.28. The number of hydrogen-bond acceptors (Lipinski definition) is 5. The van der Waals surface area contributed by atoms with E-state index in [1.54, 1.807) is 24.9 Å². The van der Waals surface area contributed by atoms with E-state index >= 15 is 0 Å². The molecule has 1 aromatic heterocycles. The number of hydrogen-bond donors (Lipinski definition) is 1. The molecule has 1 aliphatic heterocycles. The van der Waals surface area contributed by atoms with Crippen LogP contribution in [0, 0.1) is 16.7 Å². The van der Waals surface area contributed by atoms with Crippen molar-refractivity contribution in [2.24, 2.45) is 5.41 Å². The quantitative estimate of drug-likeness (QED) is 0.887. The van der Waals surface area contributed by atoms with Crippen LogP contribution in [0.4, 0.5) is 0 Å². The van der Waals surface area contributed by atoms with Gasteiger partial charge in [0, 0.05) is 18.0 Å². The number of carbonyl (C=O) groups excluding carboxylic acids is 1. The van der Waals surface area contributed by atoms with Gasteiger partial charge in [0.1, 0.15) is 24.0 Å². The number of pyridine rings is 1. The van der Waals surface area contributed by atoms with Crippen molar-refractivity contribution in [3.05, 3.63) is 23.5 Å². The Morgan fingerprint density at radius 2 is 2.23 bits per heavy atom. The normalized spacial score (nSPS) is 19.5. The number of nitriles is 1. The van der Waals surface area contributed by atoms with Gasteiger partial charge in [-0.3, -0.25) is 9.78 Å². The van der Waals surface area contributed by atoms with Crippen LogP contribution in [0.3, 0.4) is 0 Å². The summed E-state index contributed by atoms with van der Waals surface area (Å²) >= 11 is 0. The van der Waals surface area contributed by atoms with Gasteiger partial charge >= 0.3 is 0 Å². The molecule has 0 aromatic carbocycles. The van der Waals surface area contributed by atoms with Crippen LogP contribution in [-0.2, 0) is 11.3 Å². The minimum atomic E-state index is -0.896. The first-order valence-electron chi connectivity index (χ1n) is 7.40. The van der Waals surface area contributed by atoms with E-state index in [9.17, 15) is 9.90 Å². The smallest absolute Gasteiger partial charge is 0.231 e. The topological polar surface area (TPSA) is 86.5 Å². The Labute approximate surface area is 129 Å². The summed E-state index contributed by atoms with van der Waals surface area (Å²) in [6.45, 7) is 4.68. The molecule has 1 N–H and O–H groups in total. The predicted octanol–water partition coefficient (Wildman–Crippen LogP) is 1.23. The molecule has 0 saturated heterocycles. The monoisotopic (exact) mass is 301 g/mol. The molecule has 2 heterocycles. The van der Waals surface area contributed by atoms with Crippen LogP contribution in [0.25, 0.3) is 0 Å². The molecule has 1 amide bonds. The van der Waals surface area contributed by atoms with Crippen molar-refractivity contribution in [2.75, 3.05) is 13.2 Å². The van der Waals surface area contributed by atoms with Gasteiger partial charge in [0.25, 0.3) is 0 Å². The molecular formula is C16H19N3O3. The van der Waals surface area contributed by atoms with Gasteiger partial charge in [-0.05, 0) is 26.7 Å². The van der Waals surface area contributed by atoms with Gasteiger partial charge in [-0.2, -0.15) is 5.26 Å². The molecule has 0 atom stereocenters. The van der Waals surface area contributed by atoms with Crippen LogP contribution in [0.2, 0.25) is 0 Å². The molecule has 0 unspecified atom stereocenters. The number of aromatic nitrogens is 1. The molecule has 0 bridgehead atoms. The highest BCUT2D eigenvalue weighted by Gasteiger charge is 2.58. The SMILES string of the molecule is CC(C)(C(=O)N1CCOc2c(C#N)cncc2C1)C1(O)CC1. The standard InChI is InChI=1S/C16H19N3O3/c1-15(2,16(21)3-4-16)14(20)19-5-6-22-13-11(7-17)8-18-9-12(13)10-19/h8-9,21H,3-6,10H2,1-2H3. The summed E-state index contributed by atoms with van der Waals surface area (Å²) in [5, 5.41) is 19.5. The van der Waals surface area contributed by atoms with Crippen LogP contribution in [0.5, 0.6) is 5.75 Å². The minimum Gasteiger partial charge on any atom is -0.490 e. The number of ether oxygens (including phenoxy) is 1. The molecule has 22 heavy (non-hydrogen) atoms. The molecule has 6 nitrogen and oxygen atoms in total. The number of nitrogens with zero attached hydrogens (tertiary/aromatic N) is 3. The predicted molar refractivity (Wildman–Crippen MR) is 77.8 cm³/mol. The Kier molecular flexibility index (Phi) is 3.33. The Bertz CT molecular complexity index is 659. The highest BCUT2D eigenvalue weighted by molar-refractivity contribution is 5.84. The molecule has 2 aliphatic rings. The van der Waals surface area contributed by atoms with Crippen molar-refractivity contribution < 1.29 is 14.6 Å². The van der Waals surface area contributed by atoms with Crippen molar-refractivity contribution in [3.63, 3.8) is 0 Å². The van der Waals surface area contributed by atoms with E-state index in [1.165, 1.54) is 6.20 Å². The van der Waals surface area contributed by atoms with E-state index in [0.717, 1.165) is 5.56 Å². The lowest BCUT2D eigenvalue weighted by atomic mass is 9.82. The fraction of sp³-hybridized carbons (Fsp3) is 0.562. The molecular weight excluding hydrogens is 282 g/mol. The maximum atomic E-state index is 12.8. The van der Waals surface area contributed by atoms with Gasteiger partial charge in [0.2, 0.25) is 5.91 Å². The van der Waals surface area contributed by atoms with Crippen LogP contribution in [0.15, 0.2) is 12.4 Å². The Hall–Kier alpha value is -2.13. The number of amides is 1.